The first-order valence-electron chi connectivity index (χ1n) is 4.34. The molecule has 0 bridgehead atoms. The maximum absolute atomic E-state index is 9.90. The molecule has 10 nitrogen and oxygen atoms in total. The number of unbranched alkanes of at least 4 members (excludes halogenated alkanes) is 1. The van der Waals surface area contributed by atoms with Gasteiger partial charge in [-0.2, -0.15) is 0 Å². The summed E-state index contributed by atoms with van der Waals surface area (Å²) in [5.74, 6) is -1.74. The number of rotatable bonds is 5. The number of carbonyl (C=O) groups excluding carboxylic acids is 1. The normalized spacial score (nSPS) is 7.55. The van der Waals surface area contributed by atoms with Gasteiger partial charge in [0.15, 0.2) is 0 Å². The number of carboxylic acid groups (broad SMARTS) is 2. The largest absolute Gasteiger partial charge is 1.00 e. The number of urea groups is 1. The van der Waals surface area contributed by atoms with E-state index in [0.29, 0.717) is 12.8 Å². The predicted molar refractivity (Wildman–Crippen MR) is 57.2 cm³/mol. The minimum atomic E-state index is -3.11. The van der Waals surface area contributed by atoms with Crippen LogP contribution in [-0.4, -0.2) is 41.5 Å². The average Bonchev–Trinajstić information content (AvgIpc) is 2.09. The molecule has 2 amide bonds. The van der Waals surface area contributed by atoms with E-state index in [-0.39, 0.29) is 72.0 Å². The van der Waals surface area contributed by atoms with Crippen molar-refractivity contribution in [3.8, 4) is 0 Å². The molecular formula is C7H14N2Na2O8S. The van der Waals surface area contributed by atoms with Gasteiger partial charge in [-0.1, -0.05) is 0 Å². The Labute approximate surface area is 162 Å². The standard InChI is InChI=1S/C6H10O4.CH4N2O.2Na.H2O3S/c7-5(8)3-1-2-4-6(9)10;2-1(3)4;;;1-4(2)3/h1-4H2,(H,7,8)(H,9,10);(H4,2,3,4);;;(H2,1,2,3)/q;;2*+1;/p-2. The first-order chi connectivity index (χ1) is 8.09. The van der Waals surface area contributed by atoms with Crippen LogP contribution in [-0.2, 0) is 21.0 Å². The third-order valence-electron chi connectivity index (χ3n) is 1.03. The molecule has 0 unspecified atom stereocenters. The fraction of sp³-hybridized carbons (Fsp3) is 0.571. The van der Waals surface area contributed by atoms with Crippen LogP contribution in [0.4, 0.5) is 4.79 Å². The van der Waals surface area contributed by atoms with E-state index in [1.54, 1.807) is 0 Å². The van der Waals surface area contributed by atoms with Gasteiger partial charge in [-0.3, -0.25) is 13.8 Å². The molecule has 0 aromatic heterocycles. The van der Waals surface area contributed by atoms with Gasteiger partial charge in [-0.25, -0.2) is 4.79 Å². The zero-order valence-electron chi connectivity index (χ0n) is 11.2. The van der Waals surface area contributed by atoms with E-state index in [0.717, 1.165) is 0 Å². The second-order valence-corrected chi connectivity index (χ2v) is 3.01. The SMILES string of the molecule is NC(N)=O.O=C(O)CCCCC(=O)O.O=S([O-])[O-].[Na+].[Na+]. The molecule has 0 aromatic rings. The number of nitrogens with two attached hydrogens (primary N) is 2. The Morgan fingerprint density at radius 2 is 1.05 bits per heavy atom. The summed E-state index contributed by atoms with van der Waals surface area (Å²) in [7, 11) is 0. The van der Waals surface area contributed by atoms with E-state index in [4.69, 9.17) is 28.3 Å². The van der Waals surface area contributed by atoms with Crippen molar-refractivity contribution in [1.82, 2.24) is 0 Å². The van der Waals surface area contributed by atoms with Crippen LogP contribution in [0, 0.1) is 0 Å². The van der Waals surface area contributed by atoms with E-state index < -0.39 is 29.3 Å². The molecule has 0 spiro atoms. The number of hydrogen-bond donors (Lipinski definition) is 4. The Balaban J connectivity index is -0.0000000637. The molecule has 0 aromatic carbocycles. The van der Waals surface area contributed by atoms with Crippen molar-refractivity contribution in [1.29, 1.82) is 0 Å². The molecule has 0 aliphatic heterocycles. The molecule has 20 heavy (non-hydrogen) atoms. The smallest absolute Gasteiger partial charge is 0.784 e. The Morgan fingerprint density at radius 3 is 1.15 bits per heavy atom. The Bertz CT molecular complexity index is 256. The summed E-state index contributed by atoms with van der Waals surface area (Å²) in [6.07, 6.45) is 1.02. The van der Waals surface area contributed by atoms with Gasteiger partial charge < -0.3 is 30.8 Å². The van der Waals surface area contributed by atoms with Crippen molar-refractivity contribution in [2.75, 3.05) is 0 Å². The molecule has 0 heterocycles. The Kier molecular flexibility index (Phi) is 39.2. The molecule has 13 heteroatoms. The molecule has 0 radical (unpaired) electrons. The van der Waals surface area contributed by atoms with E-state index in [1.165, 1.54) is 0 Å². The van der Waals surface area contributed by atoms with Gasteiger partial charge in [-0.05, 0) is 12.8 Å². The summed E-state index contributed by atoms with van der Waals surface area (Å²) in [4.78, 5) is 28.8. The molecule has 6 N–H and O–H groups in total. The Morgan fingerprint density at radius 1 is 0.900 bits per heavy atom. The number of carboxylic acids is 2. The van der Waals surface area contributed by atoms with Crippen LogP contribution in [0.5, 0.6) is 0 Å². The maximum Gasteiger partial charge on any atom is 1.00 e. The van der Waals surface area contributed by atoms with Gasteiger partial charge in [0.05, 0.1) is 0 Å². The van der Waals surface area contributed by atoms with Crippen LogP contribution in [0.25, 0.3) is 0 Å². The summed E-state index contributed by atoms with van der Waals surface area (Å²) in [5.41, 5.74) is 8.50. The Hall–Kier alpha value is 0.280. The van der Waals surface area contributed by atoms with E-state index in [1.807, 2.05) is 0 Å². The molecule has 0 saturated heterocycles. The van der Waals surface area contributed by atoms with Gasteiger partial charge in [0.25, 0.3) is 0 Å². The summed E-state index contributed by atoms with van der Waals surface area (Å²) in [6.45, 7) is 0. The van der Waals surface area contributed by atoms with Crippen molar-refractivity contribution >= 4 is 29.3 Å². The number of hydrogen-bond acceptors (Lipinski definition) is 6. The van der Waals surface area contributed by atoms with Crippen LogP contribution in [0.15, 0.2) is 0 Å². The minimum absolute atomic E-state index is 0. The van der Waals surface area contributed by atoms with Gasteiger partial charge in [-0.15, -0.1) is 11.4 Å². The molecule has 0 atom stereocenters. The van der Waals surface area contributed by atoms with Crippen LogP contribution >= 0.6 is 0 Å². The summed E-state index contributed by atoms with van der Waals surface area (Å²) < 4.78 is 25.3. The van der Waals surface area contributed by atoms with Crippen molar-refractivity contribution in [2.24, 2.45) is 11.5 Å². The molecule has 108 valence electrons. The summed E-state index contributed by atoms with van der Waals surface area (Å²) in [6, 6.07) is -0.833. The molecule has 0 aliphatic rings. The minimum Gasteiger partial charge on any atom is -0.784 e. The van der Waals surface area contributed by atoms with Crippen LogP contribution < -0.4 is 70.6 Å². The zero-order valence-corrected chi connectivity index (χ0v) is 16.1. The third kappa shape index (κ3) is 103. The molecule has 0 aliphatic carbocycles. The predicted octanol–water partition coefficient (Wildman–Crippen LogP) is -7.26. The van der Waals surface area contributed by atoms with Gasteiger partial charge >= 0.3 is 77.1 Å². The number of aliphatic carboxylic acids is 2. The van der Waals surface area contributed by atoms with E-state index in [2.05, 4.69) is 11.5 Å². The molecule has 0 rings (SSSR count). The van der Waals surface area contributed by atoms with Gasteiger partial charge in [0, 0.05) is 12.8 Å². The first-order valence-corrected chi connectivity index (χ1v) is 5.34. The van der Waals surface area contributed by atoms with Crippen LogP contribution in [0.3, 0.4) is 0 Å². The summed E-state index contributed by atoms with van der Waals surface area (Å²) in [5, 5.41) is 16.3. The van der Waals surface area contributed by atoms with Crippen molar-refractivity contribution < 1.29 is 97.0 Å². The second-order valence-electron chi connectivity index (χ2n) is 2.60. The van der Waals surface area contributed by atoms with E-state index >= 15 is 0 Å². The zero-order chi connectivity index (χ0) is 15.1. The molecule has 0 saturated carbocycles. The molecule has 0 fully saturated rings. The third-order valence-corrected chi connectivity index (χ3v) is 1.03. The fourth-order valence-electron chi connectivity index (χ4n) is 0.552. The van der Waals surface area contributed by atoms with Crippen molar-refractivity contribution in [2.45, 2.75) is 25.7 Å². The maximum atomic E-state index is 9.90. The quantitative estimate of drug-likeness (QED) is 0.215. The molecular weight excluding hydrogens is 318 g/mol. The van der Waals surface area contributed by atoms with E-state index in [9.17, 15) is 9.59 Å². The average molecular weight is 332 g/mol. The fourth-order valence-corrected chi connectivity index (χ4v) is 0.552. The monoisotopic (exact) mass is 332 g/mol. The van der Waals surface area contributed by atoms with Crippen molar-refractivity contribution in [3.63, 3.8) is 0 Å². The van der Waals surface area contributed by atoms with Crippen LogP contribution in [0.2, 0.25) is 0 Å². The van der Waals surface area contributed by atoms with Crippen molar-refractivity contribution in [3.05, 3.63) is 0 Å². The summed E-state index contributed by atoms with van der Waals surface area (Å²) >= 11 is -3.11. The second kappa shape index (κ2) is 24.3. The number of primary amides is 2. The number of amides is 2. The first kappa shape index (κ1) is 32.3. The topological polar surface area (TPSA) is 207 Å². The van der Waals surface area contributed by atoms with Gasteiger partial charge in [0.2, 0.25) is 0 Å². The van der Waals surface area contributed by atoms with Gasteiger partial charge in [0.1, 0.15) is 0 Å². The van der Waals surface area contributed by atoms with Crippen LogP contribution in [0.1, 0.15) is 25.7 Å². The number of carbonyl (C=O) groups is 3.